The van der Waals surface area contributed by atoms with Crippen molar-refractivity contribution in [2.75, 3.05) is 17.3 Å². The maximum Gasteiger partial charge on any atom is 0.267 e. The van der Waals surface area contributed by atoms with Gasteiger partial charge in [-0.1, -0.05) is 48.5 Å². The number of anilines is 3. The van der Waals surface area contributed by atoms with Crippen LogP contribution in [0.15, 0.2) is 77.8 Å². The third-order valence-electron chi connectivity index (χ3n) is 6.78. The number of amides is 2. The van der Waals surface area contributed by atoms with E-state index in [4.69, 9.17) is 5.10 Å². The number of aliphatic imine (C=N–C) groups is 1. The molecule has 0 saturated carbocycles. The van der Waals surface area contributed by atoms with E-state index in [1.165, 1.54) is 9.80 Å². The molecule has 0 fully saturated rings. The third kappa shape index (κ3) is 3.83. The zero-order chi connectivity index (χ0) is 26.6. The Morgan fingerprint density at radius 3 is 2.37 bits per heavy atom. The molecule has 6 rings (SSSR count). The Morgan fingerprint density at radius 2 is 1.66 bits per heavy atom. The summed E-state index contributed by atoms with van der Waals surface area (Å²) < 4.78 is 1.74. The van der Waals surface area contributed by atoms with E-state index in [0.717, 1.165) is 28.2 Å². The summed E-state index contributed by atoms with van der Waals surface area (Å²) in [6.07, 6.45) is 0. The van der Waals surface area contributed by atoms with Gasteiger partial charge in [0.05, 0.1) is 12.2 Å². The average Bonchev–Trinajstić information content (AvgIpc) is 3.37. The largest absolute Gasteiger partial charge is 0.340 e. The van der Waals surface area contributed by atoms with Crippen molar-refractivity contribution in [3.63, 3.8) is 0 Å². The quantitative estimate of drug-likeness (QED) is 0.427. The summed E-state index contributed by atoms with van der Waals surface area (Å²) in [7, 11) is 1.63. The van der Waals surface area contributed by atoms with Gasteiger partial charge in [-0.05, 0) is 50.6 Å². The van der Waals surface area contributed by atoms with Crippen molar-refractivity contribution in [3.05, 3.63) is 89.6 Å². The first-order chi connectivity index (χ1) is 18.2. The standard InChI is InChI=1S/C29H27N7O2/c1-18-9-8-12-22(30-18)20-15-13-19(14-16-20)17-35-24(31-21-10-6-5-7-11-21)23-25(33-35)36-27(38)29(2,3)32-28(36)34(4)26(23)37/h5-16,31H,17H2,1-4H3. The van der Waals surface area contributed by atoms with Crippen LogP contribution >= 0.6 is 0 Å². The number of pyridine rings is 1. The lowest BCUT2D eigenvalue weighted by Gasteiger charge is -2.29. The van der Waals surface area contributed by atoms with Gasteiger partial charge in [-0.3, -0.25) is 19.5 Å². The summed E-state index contributed by atoms with van der Waals surface area (Å²) in [5, 5.41) is 8.17. The lowest BCUT2D eigenvalue weighted by Crippen LogP contribution is -2.51. The number of benzene rings is 2. The second-order valence-electron chi connectivity index (χ2n) is 10.0. The number of hydrogen-bond donors (Lipinski definition) is 1. The molecule has 4 aromatic rings. The Balaban J connectivity index is 1.43. The third-order valence-corrected chi connectivity index (χ3v) is 6.78. The van der Waals surface area contributed by atoms with Gasteiger partial charge in [-0.25, -0.2) is 14.6 Å². The molecule has 2 aliphatic rings. The fraction of sp³-hybridized carbons (Fsp3) is 0.207. The molecular formula is C29H27N7O2. The SMILES string of the molecule is Cc1cccc(-c2ccc(Cn3nc4c(c3Nc3ccccc3)C(=O)N(C)C3=NC(C)(C)C(=O)N34)cc2)n1. The van der Waals surface area contributed by atoms with E-state index in [-0.39, 0.29) is 11.8 Å². The van der Waals surface area contributed by atoms with Crippen LogP contribution in [0.2, 0.25) is 0 Å². The summed E-state index contributed by atoms with van der Waals surface area (Å²) in [6.45, 7) is 5.84. The highest BCUT2D eigenvalue weighted by molar-refractivity contribution is 6.32. The molecule has 0 bridgehead atoms. The summed E-state index contributed by atoms with van der Waals surface area (Å²) in [5.74, 6) is 0.610. The summed E-state index contributed by atoms with van der Waals surface area (Å²) in [6, 6.07) is 23.7. The minimum atomic E-state index is -0.984. The molecule has 0 atom stereocenters. The molecule has 190 valence electrons. The Hall–Kier alpha value is -4.79. The van der Waals surface area contributed by atoms with Crippen molar-refractivity contribution in [1.29, 1.82) is 0 Å². The number of guanidine groups is 1. The number of para-hydroxylation sites is 1. The number of nitrogens with one attached hydrogen (secondary N) is 1. The number of rotatable bonds is 5. The molecule has 4 heterocycles. The first-order valence-electron chi connectivity index (χ1n) is 12.4. The Kier molecular flexibility index (Phi) is 5.37. The zero-order valence-corrected chi connectivity index (χ0v) is 21.6. The van der Waals surface area contributed by atoms with Crippen LogP contribution in [0.4, 0.5) is 17.3 Å². The smallest absolute Gasteiger partial charge is 0.267 e. The van der Waals surface area contributed by atoms with Gasteiger partial charge in [0.25, 0.3) is 11.8 Å². The molecule has 0 radical (unpaired) electrons. The number of nitrogens with zero attached hydrogens (tertiary/aromatic N) is 6. The number of hydrogen-bond acceptors (Lipinski definition) is 6. The van der Waals surface area contributed by atoms with Crippen LogP contribution in [0.25, 0.3) is 11.3 Å². The van der Waals surface area contributed by atoms with Gasteiger partial charge in [0.15, 0.2) is 5.82 Å². The van der Waals surface area contributed by atoms with Crippen molar-refractivity contribution in [2.24, 2.45) is 4.99 Å². The zero-order valence-electron chi connectivity index (χ0n) is 21.6. The average molecular weight is 506 g/mol. The minimum absolute atomic E-state index is 0.223. The first kappa shape index (κ1) is 23.6. The molecule has 9 heteroatoms. The highest BCUT2D eigenvalue weighted by Crippen LogP contribution is 2.39. The Labute approximate surface area is 220 Å². The predicted molar refractivity (Wildman–Crippen MR) is 147 cm³/mol. The van der Waals surface area contributed by atoms with Gasteiger partial charge >= 0.3 is 0 Å². The van der Waals surface area contributed by atoms with Crippen molar-refractivity contribution in [2.45, 2.75) is 32.9 Å². The molecule has 0 unspecified atom stereocenters. The summed E-state index contributed by atoms with van der Waals surface area (Å²) >= 11 is 0. The topological polar surface area (TPSA) is 95.7 Å². The minimum Gasteiger partial charge on any atom is -0.340 e. The van der Waals surface area contributed by atoms with Crippen molar-refractivity contribution in [1.82, 2.24) is 19.7 Å². The van der Waals surface area contributed by atoms with Crippen molar-refractivity contribution < 1.29 is 9.59 Å². The molecular weight excluding hydrogens is 478 g/mol. The molecule has 1 N–H and O–H groups in total. The fourth-order valence-electron chi connectivity index (χ4n) is 4.75. The van der Waals surface area contributed by atoms with E-state index in [2.05, 4.69) is 15.3 Å². The van der Waals surface area contributed by atoms with Crippen LogP contribution in [0.1, 0.15) is 35.5 Å². The van der Waals surface area contributed by atoms with Crippen LogP contribution in [0.3, 0.4) is 0 Å². The van der Waals surface area contributed by atoms with Gasteiger partial charge in [0.1, 0.15) is 16.9 Å². The van der Waals surface area contributed by atoms with Crippen LogP contribution in [0.5, 0.6) is 0 Å². The molecule has 38 heavy (non-hydrogen) atoms. The fourth-order valence-corrected chi connectivity index (χ4v) is 4.75. The van der Waals surface area contributed by atoms with Gasteiger partial charge in [0.2, 0.25) is 5.96 Å². The van der Waals surface area contributed by atoms with E-state index < -0.39 is 5.54 Å². The maximum absolute atomic E-state index is 13.6. The van der Waals surface area contributed by atoms with Gasteiger partial charge in [-0.15, -0.1) is 0 Å². The van der Waals surface area contributed by atoms with Gasteiger partial charge < -0.3 is 5.32 Å². The molecule has 0 saturated heterocycles. The van der Waals surface area contributed by atoms with Crippen molar-refractivity contribution >= 4 is 35.1 Å². The van der Waals surface area contributed by atoms with Crippen LogP contribution in [-0.4, -0.2) is 50.0 Å². The van der Waals surface area contributed by atoms with E-state index >= 15 is 0 Å². The summed E-state index contributed by atoms with van der Waals surface area (Å²) in [5.41, 5.74) is 4.03. The number of carbonyl (C=O) groups is 2. The Bertz CT molecular complexity index is 1600. The first-order valence-corrected chi connectivity index (χ1v) is 12.4. The molecule has 0 spiro atoms. The van der Waals surface area contributed by atoms with E-state index in [1.54, 1.807) is 25.6 Å². The lowest BCUT2D eigenvalue weighted by atomic mass is 10.1. The second-order valence-corrected chi connectivity index (χ2v) is 10.0. The molecule has 2 aromatic carbocycles. The number of aromatic nitrogens is 3. The molecule has 2 aliphatic heterocycles. The molecule has 9 nitrogen and oxygen atoms in total. The Morgan fingerprint density at radius 1 is 0.921 bits per heavy atom. The van der Waals surface area contributed by atoms with Gasteiger partial charge in [0, 0.05) is 24.0 Å². The second kappa shape index (κ2) is 8.65. The van der Waals surface area contributed by atoms with Crippen LogP contribution < -0.4 is 10.2 Å². The van der Waals surface area contributed by atoms with E-state index in [9.17, 15) is 9.59 Å². The van der Waals surface area contributed by atoms with Gasteiger partial charge in [-0.2, -0.15) is 5.10 Å². The van der Waals surface area contributed by atoms with Crippen LogP contribution in [0, 0.1) is 6.92 Å². The van der Waals surface area contributed by atoms with Crippen molar-refractivity contribution in [3.8, 4) is 11.3 Å². The normalized spacial score (nSPS) is 15.8. The summed E-state index contributed by atoms with van der Waals surface area (Å²) in [4.78, 5) is 38.9. The number of fused-ring (bicyclic) bond motifs is 3. The molecule has 0 aliphatic carbocycles. The number of aryl methyl sites for hydroxylation is 1. The molecule has 2 aromatic heterocycles. The predicted octanol–water partition coefficient (Wildman–Crippen LogP) is 4.61. The van der Waals surface area contributed by atoms with Crippen LogP contribution in [-0.2, 0) is 11.3 Å². The highest BCUT2D eigenvalue weighted by Gasteiger charge is 2.51. The monoisotopic (exact) mass is 505 g/mol. The maximum atomic E-state index is 13.6. The molecule has 2 amide bonds. The highest BCUT2D eigenvalue weighted by atomic mass is 16.2. The van der Waals surface area contributed by atoms with E-state index in [0.29, 0.717) is 29.7 Å². The van der Waals surface area contributed by atoms with E-state index in [1.807, 2.05) is 79.7 Å². The number of carbonyl (C=O) groups excluding carboxylic acids is 2. The lowest BCUT2D eigenvalue weighted by molar-refractivity contribution is -0.120.